The van der Waals surface area contributed by atoms with Gasteiger partial charge in [-0.3, -0.25) is 4.90 Å². The van der Waals surface area contributed by atoms with Crippen LogP contribution in [0.4, 0.5) is 4.79 Å². The molecule has 1 aromatic carbocycles. The van der Waals surface area contributed by atoms with Gasteiger partial charge in [-0.15, -0.1) is 0 Å². The van der Waals surface area contributed by atoms with E-state index in [1.165, 1.54) is 11.1 Å². The average molecular weight is 421 g/mol. The topological polar surface area (TPSA) is 73.0 Å². The molecule has 2 fully saturated rings. The van der Waals surface area contributed by atoms with Gasteiger partial charge in [0, 0.05) is 51.9 Å². The predicted octanol–water partition coefficient (Wildman–Crippen LogP) is 1.68. The third-order valence-corrected chi connectivity index (χ3v) is 9.00. The van der Waals surface area contributed by atoms with Crippen LogP contribution in [0.3, 0.4) is 0 Å². The number of fused-ring (bicyclic) bond motifs is 1. The fraction of sp³-hybridized carbons (Fsp3) is 0.667. The van der Waals surface area contributed by atoms with Crippen LogP contribution < -0.4 is 5.32 Å². The highest BCUT2D eigenvalue weighted by atomic mass is 32.2. The Morgan fingerprint density at radius 2 is 1.83 bits per heavy atom. The number of benzene rings is 1. The highest BCUT2D eigenvalue weighted by molar-refractivity contribution is 7.89. The van der Waals surface area contributed by atoms with Gasteiger partial charge in [-0.2, -0.15) is 4.31 Å². The summed E-state index contributed by atoms with van der Waals surface area (Å²) in [6.45, 7) is 6.05. The van der Waals surface area contributed by atoms with Crippen LogP contribution in [0, 0.1) is 0 Å². The Morgan fingerprint density at radius 1 is 1.10 bits per heavy atom. The Bertz CT molecular complexity index is 880. The lowest BCUT2D eigenvalue weighted by Crippen LogP contribution is -2.59. The predicted molar refractivity (Wildman–Crippen MR) is 112 cm³/mol. The molecule has 0 aromatic heterocycles. The molecular formula is C21H32N4O3S. The maximum atomic E-state index is 13.2. The van der Waals surface area contributed by atoms with E-state index in [1.807, 2.05) is 17.0 Å². The number of sulfonamides is 1. The fourth-order valence-electron chi connectivity index (χ4n) is 5.22. The van der Waals surface area contributed by atoms with E-state index in [-0.39, 0.29) is 11.6 Å². The zero-order valence-electron chi connectivity index (χ0n) is 17.5. The quantitative estimate of drug-likeness (QED) is 0.804. The van der Waals surface area contributed by atoms with E-state index in [0.29, 0.717) is 37.6 Å². The number of nitrogens with one attached hydrogen (secondary N) is 1. The first-order valence-corrected chi connectivity index (χ1v) is 12.2. The van der Waals surface area contributed by atoms with Crippen molar-refractivity contribution in [2.75, 3.05) is 46.3 Å². The van der Waals surface area contributed by atoms with Crippen LogP contribution in [0.2, 0.25) is 0 Å². The molecule has 0 saturated carbocycles. The van der Waals surface area contributed by atoms with Crippen LogP contribution in [0.25, 0.3) is 0 Å². The van der Waals surface area contributed by atoms with Crippen LogP contribution >= 0.6 is 0 Å². The van der Waals surface area contributed by atoms with Crippen LogP contribution in [0.1, 0.15) is 37.3 Å². The first-order valence-electron chi connectivity index (χ1n) is 10.7. The fourth-order valence-corrected chi connectivity index (χ4v) is 6.69. The highest BCUT2D eigenvalue weighted by Crippen LogP contribution is 2.33. The highest BCUT2D eigenvalue weighted by Gasteiger charge is 2.44. The van der Waals surface area contributed by atoms with E-state index < -0.39 is 10.0 Å². The Morgan fingerprint density at radius 3 is 2.52 bits per heavy atom. The summed E-state index contributed by atoms with van der Waals surface area (Å²) in [5, 5.41) is 2.72. The monoisotopic (exact) mass is 420 g/mol. The third kappa shape index (κ3) is 3.66. The molecule has 0 radical (unpaired) electrons. The molecule has 1 N–H and O–H groups in total. The maximum Gasteiger partial charge on any atom is 0.317 e. The maximum absolute atomic E-state index is 13.2. The van der Waals surface area contributed by atoms with Gasteiger partial charge in [0.1, 0.15) is 0 Å². The third-order valence-electron chi connectivity index (χ3n) is 7.11. The van der Waals surface area contributed by atoms with Gasteiger partial charge in [0.05, 0.1) is 4.90 Å². The number of likely N-dealkylation sites (tertiary alicyclic amines) is 1. The lowest BCUT2D eigenvalue weighted by atomic mass is 9.92. The van der Waals surface area contributed by atoms with Crippen molar-refractivity contribution in [1.82, 2.24) is 19.4 Å². The minimum atomic E-state index is -3.45. The van der Waals surface area contributed by atoms with Crippen molar-refractivity contribution in [3.63, 3.8) is 0 Å². The number of nitrogens with zero attached hydrogens (tertiary/aromatic N) is 3. The molecule has 2 aliphatic heterocycles. The van der Waals surface area contributed by atoms with Crippen molar-refractivity contribution >= 4 is 16.1 Å². The first-order chi connectivity index (χ1) is 13.9. The molecule has 1 aliphatic carbocycles. The lowest BCUT2D eigenvalue weighted by molar-refractivity contribution is 0.0574. The molecule has 3 aliphatic rings. The van der Waals surface area contributed by atoms with Crippen LogP contribution in [-0.2, 0) is 22.9 Å². The van der Waals surface area contributed by atoms with E-state index in [1.54, 1.807) is 17.4 Å². The van der Waals surface area contributed by atoms with Crippen molar-refractivity contribution in [2.45, 2.75) is 49.5 Å². The van der Waals surface area contributed by atoms with Gasteiger partial charge in [-0.25, -0.2) is 13.2 Å². The molecule has 8 heteroatoms. The number of carbonyl (C=O) groups excluding carboxylic acids is 1. The molecule has 4 rings (SSSR count). The second-order valence-corrected chi connectivity index (χ2v) is 10.4. The van der Waals surface area contributed by atoms with Gasteiger partial charge in [-0.1, -0.05) is 13.0 Å². The number of rotatable bonds is 4. The van der Waals surface area contributed by atoms with Gasteiger partial charge in [0.2, 0.25) is 10.0 Å². The van der Waals surface area contributed by atoms with E-state index in [4.69, 9.17) is 0 Å². The summed E-state index contributed by atoms with van der Waals surface area (Å²) in [5.74, 6) is 0. The standard InChI is InChI=1S/C21H32N4O3S/c1-3-21(9-10-23(16-21)20(26)22-2)24-11-13-25(14-12-24)29(27,28)19-8-7-17-5-4-6-18(17)15-19/h7-8,15H,3-6,9-14,16H2,1-2H3,(H,22,26). The average Bonchev–Trinajstić information content (AvgIpc) is 3.40. The summed E-state index contributed by atoms with van der Waals surface area (Å²) in [6.07, 6.45) is 5.05. The molecule has 0 bridgehead atoms. The number of piperazine rings is 1. The minimum absolute atomic E-state index is 0.0295. The van der Waals surface area contributed by atoms with E-state index in [9.17, 15) is 13.2 Å². The van der Waals surface area contributed by atoms with Gasteiger partial charge < -0.3 is 10.2 Å². The number of hydrogen-bond donors (Lipinski definition) is 1. The Hall–Kier alpha value is -1.64. The Kier molecular flexibility index (Phi) is 5.61. The number of hydrogen-bond acceptors (Lipinski definition) is 4. The molecule has 7 nitrogen and oxygen atoms in total. The van der Waals surface area contributed by atoms with Gasteiger partial charge >= 0.3 is 6.03 Å². The van der Waals surface area contributed by atoms with E-state index in [0.717, 1.165) is 38.6 Å². The minimum Gasteiger partial charge on any atom is -0.341 e. The van der Waals surface area contributed by atoms with Crippen molar-refractivity contribution in [3.8, 4) is 0 Å². The van der Waals surface area contributed by atoms with Gasteiger partial charge in [0.25, 0.3) is 0 Å². The Labute approximate surface area is 174 Å². The molecular weight excluding hydrogens is 388 g/mol. The van der Waals surface area contributed by atoms with Gasteiger partial charge in [-0.05, 0) is 55.4 Å². The SMILES string of the molecule is CCC1(N2CCN(S(=O)(=O)c3ccc4c(c3)CCC4)CC2)CCN(C(=O)NC)C1. The second kappa shape index (κ2) is 7.89. The van der Waals surface area contributed by atoms with Crippen molar-refractivity contribution in [2.24, 2.45) is 0 Å². The van der Waals surface area contributed by atoms with Crippen molar-refractivity contribution < 1.29 is 13.2 Å². The molecule has 0 spiro atoms. The van der Waals surface area contributed by atoms with E-state index in [2.05, 4.69) is 17.1 Å². The molecule has 29 heavy (non-hydrogen) atoms. The molecule has 160 valence electrons. The van der Waals surface area contributed by atoms with Crippen molar-refractivity contribution in [1.29, 1.82) is 0 Å². The van der Waals surface area contributed by atoms with E-state index >= 15 is 0 Å². The molecule has 2 heterocycles. The van der Waals surface area contributed by atoms with Gasteiger partial charge in [0.15, 0.2) is 0 Å². The van der Waals surface area contributed by atoms with Crippen LogP contribution in [-0.4, -0.2) is 80.4 Å². The zero-order valence-corrected chi connectivity index (χ0v) is 18.3. The number of aryl methyl sites for hydroxylation is 2. The normalized spacial score (nSPS) is 25.9. The number of amides is 2. The molecule has 1 aromatic rings. The lowest BCUT2D eigenvalue weighted by Gasteiger charge is -2.45. The summed E-state index contributed by atoms with van der Waals surface area (Å²) in [5.41, 5.74) is 2.44. The molecule has 2 saturated heterocycles. The van der Waals surface area contributed by atoms with Crippen molar-refractivity contribution in [3.05, 3.63) is 29.3 Å². The molecule has 1 atom stereocenters. The molecule has 1 unspecified atom stereocenters. The van der Waals surface area contributed by atoms with Crippen LogP contribution in [0.5, 0.6) is 0 Å². The number of carbonyl (C=O) groups is 1. The summed E-state index contributed by atoms with van der Waals surface area (Å²) < 4.78 is 28.0. The smallest absolute Gasteiger partial charge is 0.317 e. The molecule has 2 amide bonds. The van der Waals surface area contributed by atoms with Crippen LogP contribution in [0.15, 0.2) is 23.1 Å². The summed E-state index contributed by atoms with van der Waals surface area (Å²) in [6, 6.07) is 5.62. The summed E-state index contributed by atoms with van der Waals surface area (Å²) >= 11 is 0. The summed E-state index contributed by atoms with van der Waals surface area (Å²) in [7, 11) is -1.79. The second-order valence-electron chi connectivity index (χ2n) is 8.48. The number of urea groups is 1. The first kappa shape index (κ1) is 20.6. The summed E-state index contributed by atoms with van der Waals surface area (Å²) in [4.78, 5) is 16.7. The largest absolute Gasteiger partial charge is 0.341 e. The zero-order chi connectivity index (χ0) is 20.6. The Balaban J connectivity index is 1.44.